The fourth-order valence-electron chi connectivity index (χ4n) is 4.69. The van der Waals surface area contributed by atoms with Crippen LogP contribution >= 0.6 is 0 Å². The van der Waals surface area contributed by atoms with E-state index in [4.69, 9.17) is 10.1 Å². The molecule has 0 bridgehead atoms. The highest BCUT2D eigenvalue weighted by Gasteiger charge is 2.64. The molecule has 2 atom stereocenters. The molecule has 5 rings (SSSR count). The number of rotatable bonds is 4. The van der Waals surface area contributed by atoms with Crippen LogP contribution in [0.4, 0.5) is 0 Å². The normalized spacial score (nSPS) is 22.7. The Kier molecular flexibility index (Phi) is 4.13. The molecule has 2 aliphatic heterocycles. The van der Waals surface area contributed by atoms with E-state index in [1.807, 2.05) is 71.6 Å². The molecule has 0 aromatic heterocycles. The molecule has 2 heterocycles. The van der Waals surface area contributed by atoms with Crippen molar-refractivity contribution < 1.29 is 9.53 Å². The summed E-state index contributed by atoms with van der Waals surface area (Å²) in [5.41, 5.74) is 3.15. The second-order valence-electron chi connectivity index (χ2n) is 7.84. The number of ether oxygens (including phenoxy) is 1. The van der Waals surface area contributed by atoms with Crippen molar-refractivity contribution in [3.63, 3.8) is 0 Å². The van der Waals surface area contributed by atoms with Crippen molar-refractivity contribution in [1.29, 1.82) is 5.41 Å². The number of carbonyl (C=O) groups is 1. The summed E-state index contributed by atoms with van der Waals surface area (Å²) >= 11 is 0. The zero-order valence-corrected chi connectivity index (χ0v) is 17.0. The second kappa shape index (κ2) is 6.73. The summed E-state index contributed by atoms with van der Waals surface area (Å²) in [7, 11) is 3.36. The Balaban J connectivity index is 1.71. The van der Waals surface area contributed by atoms with Crippen molar-refractivity contribution in [3.05, 3.63) is 90.0 Å². The number of amides is 1. The van der Waals surface area contributed by atoms with Gasteiger partial charge in [-0.3, -0.25) is 15.1 Å². The number of nitrogens with zero attached hydrogens (tertiary/aromatic N) is 2. The predicted octanol–water partition coefficient (Wildman–Crippen LogP) is 3.74. The minimum absolute atomic E-state index is 0.0448. The third-order valence-corrected chi connectivity index (χ3v) is 6.29. The molecule has 2 saturated heterocycles. The van der Waals surface area contributed by atoms with Gasteiger partial charge in [0.1, 0.15) is 11.2 Å². The van der Waals surface area contributed by atoms with Gasteiger partial charge in [0.2, 0.25) is 11.9 Å². The molecule has 0 spiro atoms. The molecule has 0 radical (unpaired) electrons. The summed E-state index contributed by atoms with van der Waals surface area (Å²) in [5, 5.41) is 8.31. The Bertz CT molecular complexity index is 1140. The Morgan fingerprint density at radius 3 is 2.33 bits per heavy atom. The van der Waals surface area contributed by atoms with Crippen molar-refractivity contribution in [2.24, 2.45) is 0 Å². The van der Waals surface area contributed by atoms with Crippen molar-refractivity contribution in [2.75, 3.05) is 20.7 Å². The molecule has 150 valence electrons. The molecule has 1 amide bonds. The van der Waals surface area contributed by atoms with Gasteiger partial charge in [-0.15, -0.1) is 0 Å². The van der Waals surface area contributed by atoms with Crippen LogP contribution in [0.15, 0.2) is 78.9 Å². The average Bonchev–Trinajstić information content (AvgIpc) is 3.60. The fraction of sp³-hybridized carbons (Fsp3) is 0.200. The van der Waals surface area contributed by atoms with Crippen LogP contribution in [0.2, 0.25) is 0 Å². The van der Waals surface area contributed by atoms with Crippen LogP contribution in [0, 0.1) is 5.41 Å². The SMILES string of the molecule is COc1cccc(-c2cccc(C3(c4ccccc4)C(=O)N(C)C(=N)N4CC43)c2)c1. The summed E-state index contributed by atoms with van der Waals surface area (Å²) in [6, 6.07) is 26.1. The van der Waals surface area contributed by atoms with Gasteiger partial charge in [-0.1, -0.05) is 60.7 Å². The van der Waals surface area contributed by atoms with Gasteiger partial charge in [0, 0.05) is 13.6 Å². The number of benzene rings is 3. The van der Waals surface area contributed by atoms with Gasteiger partial charge in [-0.2, -0.15) is 0 Å². The van der Waals surface area contributed by atoms with E-state index < -0.39 is 5.41 Å². The first kappa shape index (κ1) is 18.4. The Morgan fingerprint density at radius 2 is 1.60 bits per heavy atom. The van der Waals surface area contributed by atoms with E-state index in [-0.39, 0.29) is 17.9 Å². The number of likely N-dealkylation sites (N-methyl/N-ethyl adjacent to an activating group) is 1. The summed E-state index contributed by atoms with van der Waals surface area (Å²) in [6.07, 6.45) is 0. The van der Waals surface area contributed by atoms with E-state index in [1.54, 1.807) is 14.2 Å². The highest BCUT2D eigenvalue weighted by molar-refractivity contribution is 6.08. The van der Waals surface area contributed by atoms with E-state index in [2.05, 4.69) is 12.1 Å². The zero-order valence-electron chi connectivity index (χ0n) is 17.0. The first-order valence-electron chi connectivity index (χ1n) is 10.0. The molecule has 0 aliphatic carbocycles. The van der Waals surface area contributed by atoms with E-state index in [1.165, 1.54) is 4.90 Å². The monoisotopic (exact) mass is 397 g/mol. The molecule has 2 fully saturated rings. The lowest BCUT2D eigenvalue weighted by Crippen LogP contribution is -2.58. The number of hydrogen-bond acceptors (Lipinski definition) is 3. The predicted molar refractivity (Wildman–Crippen MR) is 117 cm³/mol. The topological polar surface area (TPSA) is 56.4 Å². The van der Waals surface area contributed by atoms with Gasteiger partial charge in [0.15, 0.2) is 0 Å². The van der Waals surface area contributed by atoms with Gasteiger partial charge < -0.3 is 9.64 Å². The zero-order chi connectivity index (χ0) is 20.9. The molecule has 3 aromatic rings. The van der Waals surface area contributed by atoms with Crippen LogP contribution in [0.1, 0.15) is 11.1 Å². The number of methoxy groups -OCH3 is 1. The molecule has 5 nitrogen and oxygen atoms in total. The highest BCUT2D eigenvalue weighted by Crippen LogP contribution is 2.49. The van der Waals surface area contributed by atoms with Gasteiger partial charge in [0.25, 0.3) is 0 Å². The molecule has 2 unspecified atom stereocenters. The van der Waals surface area contributed by atoms with Crippen LogP contribution < -0.4 is 4.74 Å². The van der Waals surface area contributed by atoms with Crippen LogP contribution in [-0.2, 0) is 10.2 Å². The minimum atomic E-state index is -0.838. The lowest BCUT2D eigenvalue weighted by atomic mass is 9.69. The van der Waals surface area contributed by atoms with Crippen LogP contribution in [0.5, 0.6) is 5.75 Å². The maximum atomic E-state index is 13.8. The minimum Gasteiger partial charge on any atom is -0.497 e. The standard InChI is InChI=1S/C25H23N3O2/c1-27-23(29)25(19-10-4-3-5-11-19,22-16-28(22)24(27)26)20-12-6-8-17(14-20)18-9-7-13-21(15-18)30-2/h3-15,22,26H,16H2,1-2H3. The largest absolute Gasteiger partial charge is 0.497 e. The van der Waals surface area contributed by atoms with Crippen molar-refractivity contribution in [2.45, 2.75) is 11.5 Å². The van der Waals surface area contributed by atoms with E-state index in [9.17, 15) is 4.79 Å². The molecule has 3 aromatic carbocycles. The molecule has 0 saturated carbocycles. The number of guanidine groups is 1. The quantitative estimate of drug-likeness (QED) is 0.683. The van der Waals surface area contributed by atoms with Gasteiger partial charge in [-0.25, -0.2) is 0 Å². The number of fused-ring (bicyclic) bond motifs is 1. The summed E-state index contributed by atoms with van der Waals surface area (Å²) < 4.78 is 5.39. The maximum absolute atomic E-state index is 13.8. The summed E-state index contributed by atoms with van der Waals surface area (Å²) in [4.78, 5) is 17.3. The molecule has 30 heavy (non-hydrogen) atoms. The molecule has 2 aliphatic rings. The van der Waals surface area contributed by atoms with Crippen molar-refractivity contribution in [3.8, 4) is 16.9 Å². The second-order valence-corrected chi connectivity index (χ2v) is 7.84. The van der Waals surface area contributed by atoms with Crippen LogP contribution in [-0.4, -0.2) is 48.4 Å². The highest BCUT2D eigenvalue weighted by atomic mass is 16.5. The summed E-state index contributed by atoms with van der Waals surface area (Å²) in [6.45, 7) is 0.702. The first-order valence-corrected chi connectivity index (χ1v) is 10.0. The third kappa shape index (κ3) is 2.55. The molecular weight excluding hydrogens is 374 g/mol. The summed E-state index contributed by atoms with van der Waals surface area (Å²) in [5.74, 6) is 1.02. The van der Waals surface area contributed by atoms with Crippen molar-refractivity contribution in [1.82, 2.24) is 9.80 Å². The fourth-order valence-corrected chi connectivity index (χ4v) is 4.69. The van der Waals surface area contributed by atoms with Gasteiger partial charge in [-0.05, 0) is 40.5 Å². The number of hydrogen-bond donors (Lipinski definition) is 1. The smallest absolute Gasteiger partial charge is 0.246 e. The van der Waals surface area contributed by atoms with Crippen molar-refractivity contribution >= 4 is 11.9 Å². The lowest BCUT2D eigenvalue weighted by molar-refractivity contribution is -0.132. The first-order chi connectivity index (χ1) is 14.6. The van der Waals surface area contributed by atoms with Crippen LogP contribution in [0.3, 0.4) is 0 Å². The van der Waals surface area contributed by atoms with E-state index in [0.717, 1.165) is 28.0 Å². The number of carbonyl (C=O) groups excluding carboxylic acids is 1. The third-order valence-electron chi connectivity index (χ3n) is 6.29. The van der Waals surface area contributed by atoms with Gasteiger partial charge in [0.05, 0.1) is 13.2 Å². The Morgan fingerprint density at radius 1 is 0.933 bits per heavy atom. The Hall–Kier alpha value is -3.60. The average molecular weight is 397 g/mol. The maximum Gasteiger partial charge on any atom is 0.246 e. The number of nitrogens with one attached hydrogen (secondary N) is 1. The van der Waals surface area contributed by atoms with E-state index >= 15 is 0 Å². The molecule has 1 N–H and O–H groups in total. The van der Waals surface area contributed by atoms with E-state index in [0.29, 0.717) is 6.54 Å². The lowest BCUT2D eigenvalue weighted by Gasteiger charge is -2.41. The Labute approximate surface area is 176 Å². The molecule has 5 heteroatoms. The molecular formula is C25H23N3O2. The van der Waals surface area contributed by atoms with Crippen LogP contribution in [0.25, 0.3) is 11.1 Å². The van der Waals surface area contributed by atoms with Gasteiger partial charge >= 0.3 is 0 Å².